The van der Waals surface area contributed by atoms with Crippen molar-refractivity contribution in [1.29, 1.82) is 0 Å². The number of carbonyl (C=O) groups is 1. The van der Waals surface area contributed by atoms with Crippen molar-refractivity contribution >= 4 is 5.91 Å². The van der Waals surface area contributed by atoms with Crippen molar-refractivity contribution in [2.75, 3.05) is 20.2 Å². The molecule has 0 aliphatic carbocycles. The van der Waals surface area contributed by atoms with Gasteiger partial charge in [-0.25, -0.2) is 4.68 Å². The lowest BCUT2D eigenvalue weighted by molar-refractivity contribution is -0.134. The largest absolute Gasteiger partial charge is 0.497 e. The van der Waals surface area contributed by atoms with Crippen LogP contribution in [0.25, 0.3) is 0 Å². The predicted molar refractivity (Wildman–Crippen MR) is 89.2 cm³/mol. The molecule has 0 atom stereocenters. The van der Waals surface area contributed by atoms with Crippen LogP contribution in [0.1, 0.15) is 18.5 Å². The molecule has 1 saturated heterocycles. The first-order valence-corrected chi connectivity index (χ1v) is 8.26. The number of aliphatic hydroxyl groups is 1. The first-order valence-electron chi connectivity index (χ1n) is 8.26. The van der Waals surface area contributed by atoms with Gasteiger partial charge in [0, 0.05) is 13.1 Å². The Labute approximate surface area is 146 Å². The highest BCUT2D eigenvalue weighted by Gasteiger charge is 2.21. The SMILES string of the molecule is COc1ccc(OCc2cn(CC(=O)N3CCC(O)CC3)nn2)cc1. The Morgan fingerprint density at radius 1 is 1.24 bits per heavy atom. The molecule has 8 nitrogen and oxygen atoms in total. The first kappa shape index (κ1) is 17.2. The second-order valence-corrected chi connectivity index (χ2v) is 5.98. The summed E-state index contributed by atoms with van der Waals surface area (Å²) in [6.07, 6.45) is 2.67. The van der Waals surface area contributed by atoms with Crippen molar-refractivity contribution in [3.8, 4) is 11.5 Å². The van der Waals surface area contributed by atoms with Crippen LogP contribution in [0.2, 0.25) is 0 Å². The summed E-state index contributed by atoms with van der Waals surface area (Å²) in [5.41, 5.74) is 0.651. The van der Waals surface area contributed by atoms with Gasteiger partial charge in [0.15, 0.2) is 0 Å². The summed E-state index contributed by atoms with van der Waals surface area (Å²) in [5, 5.41) is 17.5. The third-order valence-corrected chi connectivity index (χ3v) is 4.15. The molecule has 1 aromatic heterocycles. The summed E-state index contributed by atoms with van der Waals surface area (Å²) in [7, 11) is 1.61. The van der Waals surface area contributed by atoms with Crippen molar-refractivity contribution in [1.82, 2.24) is 19.9 Å². The maximum atomic E-state index is 12.2. The number of carbonyl (C=O) groups excluding carboxylic acids is 1. The van der Waals surface area contributed by atoms with Gasteiger partial charge in [-0.05, 0) is 37.1 Å². The first-order chi connectivity index (χ1) is 12.1. The van der Waals surface area contributed by atoms with Gasteiger partial charge in [0.1, 0.15) is 30.3 Å². The van der Waals surface area contributed by atoms with Gasteiger partial charge in [-0.1, -0.05) is 5.21 Å². The topological polar surface area (TPSA) is 89.7 Å². The zero-order chi connectivity index (χ0) is 17.6. The average molecular weight is 346 g/mol. The monoisotopic (exact) mass is 346 g/mol. The van der Waals surface area contributed by atoms with E-state index in [1.807, 2.05) is 24.3 Å². The molecule has 3 rings (SSSR count). The molecule has 134 valence electrons. The van der Waals surface area contributed by atoms with Gasteiger partial charge in [0.2, 0.25) is 5.91 Å². The maximum absolute atomic E-state index is 12.2. The highest BCUT2D eigenvalue weighted by Crippen LogP contribution is 2.18. The molecule has 1 amide bonds. The molecular formula is C17H22N4O4. The summed E-state index contributed by atoms with van der Waals surface area (Å²) in [4.78, 5) is 14.0. The highest BCUT2D eigenvalue weighted by atomic mass is 16.5. The van der Waals surface area contributed by atoms with Crippen LogP contribution in [0.5, 0.6) is 11.5 Å². The molecule has 1 N–H and O–H groups in total. The summed E-state index contributed by atoms with van der Waals surface area (Å²) in [5.74, 6) is 1.46. The lowest BCUT2D eigenvalue weighted by atomic mass is 10.1. The van der Waals surface area contributed by atoms with Gasteiger partial charge in [0.05, 0.1) is 19.4 Å². The fourth-order valence-electron chi connectivity index (χ4n) is 2.67. The molecule has 25 heavy (non-hydrogen) atoms. The number of piperidine rings is 1. The number of amides is 1. The van der Waals surface area contributed by atoms with E-state index in [-0.39, 0.29) is 25.2 Å². The number of methoxy groups -OCH3 is 1. The van der Waals surface area contributed by atoms with E-state index in [2.05, 4.69) is 10.3 Å². The molecule has 0 spiro atoms. The van der Waals surface area contributed by atoms with Crippen LogP contribution in [0.15, 0.2) is 30.5 Å². The Balaban J connectivity index is 1.49. The number of aromatic nitrogens is 3. The fraction of sp³-hybridized carbons (Fsp3) is 0.471. The third-order valence-electron chi connectivity index (χ3n) is 4.15. The molecule has 0 unspecified atom stereocenters. The van der Waals surface area contributed by atoms with Crippen molar-refractivity contribution in [3.05, 3.63) is 36.2 Å². The minimum Gasteiger partial charge on any atom is -0.497 e. The Kier molecular flexibility index (Phi) is 5.49. The normalized spacial score (nSPS) is 15.2. The van der Waals surface area contributed by atoms with Crippen LogP contribution in [0.4, 0.5) is 0 Å². The van der Waals surface area contributed by atoms with Crippen molar-refractivity contribution < 1.29 is 19.4 Å². The molecule has 1 aliphatic heterocycles. The van der Waals surface area contributed by atoms with E-state index in [9.17, 15) is 9.90 Å². The van der Waals surface area contributed by atoms with E-state index >= 15 is 0 Å². The van der Waals surface area contributed by atoms with Crippen molar-refractivity contribution in [2.24, 2.45) is 0 Å². The maximum Gasteiger partial charge on any atom is 0.244 e. The lowest BCUT2D eigenvalue weighted by Gasteiger charge is -2.29. The summed E-state index contributed by atoms with van der Waals surface area (Å²) < 4.78 is 12.3. The zero-order valence-electron chi connectivity index (χ0n) is 14.2. The molecule has 1 fully saturated rings. The molecule has 2 aromatic rings. The van der Waals surface area contributed by atoms with E-state index in [0.29, 0.717) is 37.4 Å². The van der Waals surface area contributed by atoms with Crippen molar-refractivity contribution in [3.63, 3.8) is 0 Å². The van der Waals surface area contributed by atoms with Crippen LogP contribution in [0, 0.1) is 0 Å². The quantitative estimate of drug-likeness (QED) is 0.834. The number of rotatable bonds is 6. The molecule has 8 heteroatoms. The Morgan fingerprint density at radius 2 is 1.92 bits per heavy atom. The number of likely N-dealkylation sites (tertiary alicyclic amines) is 1. The molecule has 0 saturated carbocycles. The van der Waals surface area contributed by atoms with Gasteiger partial charge < -0.3 is 19.5 Å². The third kappa shape index (κ3) is 4.69. The van der Waals surface area contributed by atoms with Crippen LogP contribution in [-0.2, 0) is 17.9 Å². The second-order valence-electron chi connectivity index (χ2n) is 5.98. The Morgan fingerprint density at radius 3 is 2.60 bits per heavy atom. The standard InChI is InChI=1S/C17H22N4O4/c1-24-15-2-4-16(5-3-15)25-12-13-10-21(19-18-13)11-17(23)20-8-6-14(22)7-9-20/h2-5,10,14,22H,6-9,11-12H2,1H3. The van der Waals surface area contributed by atoms with Crippen LogP contribution in [-0.4, -0.2) is 57.2 Å². The number of hydrogen-bond acceptors (Lipinski definition) is 6. The summed E-state index contributed by atoms with van der Waals surface area (Å²) in [6.45, 7) is 1.59. The van der Waals surface area contributed by atoms with E-state index in [4.69, 9.17) is 9.47 Å². The van der Waals surface area contributed by atoms with Gasteiger partial charge in [-0.3, -0.25) is 4.79 Å². The minimum absolute atomic E-state index is 0.0144. The average Bonchev–Trinajstić information content (AvgIpc) is 3.08. The number of ether oxygens (including phenoxy) is 2. The van der Waals surface area contributed by atoms with E-state index in [0.717, 1.165) is 5.75 Å². The van der Waals surface area contributed by atoms with Crippen LogP contribution in [0.3, 0.4) is 0 Å². The van der Waals surface area contributed by atoms with E-state index in [1.54, 1.807) is 18.2 Å². The molecule has 1 aliphatic rings. The number of benzene rings is 1. The summed E-state index contributed by atoms with van der Waals surface area (Å²) >= 11 is 0. The van der Waals surface area contributed by atoms with Gasteiger partial charge in [-0.2, -0.15) is 0 Å². The van der Waals surface area contributed by atoms with E-state index in [1.165, 1.54) is 4.68 Å². The minimum atomic E-state index is -0.294. The molecule has 0 radical (unpaired) electrons. The zero-order valence-corrected chi connectivity index (χ0v) is 14.2. The number of hydrogen-bond donors (Lipinski definition) is 1. The Bertz CT molecular complexity index is 693. The predicted octanol–water partition coefficient (Wildman–Crippen LogP) is 0.849. The van der Waals surface area contributed by atoms with E-state index < -0.39 is 0 Å². The second kappa shape index (κ2) is 7.98. The molecule has 1 aromatic carbocycles. The Hall–Kier alpha value is -2.61. The van der Waals surface area contributed by atoms with Gasteiger partial charge in [-0.15, -0.1) is 5.10 Å². The number of aliphatic hydroxyl groups excluding tert-OH is 1. The number of nitrogens with zero attached hydrogens (tertiary/aromatic N) is 4. The summed E-state index contributed by atoms with van der Waals surface area (Å²) in [6, 6.07) is 7.27. The molecule has 2 heterocycles. The molecular weight excluding hydrogens is 324 g/mol. The molecule has 0 bridgehead atoms. The van der Waals surface area contributed by atoms with Crippen LogP contribution >= 0.6 is 0 Å². The fourth-order valence-corrected chi connectivity index (χ4v) is 2.67. The highest BCUT2D eigenvalue weighted by molar-refractivity contribution is 5.76. The van der Waals surface area contributed by atoms with Crippen LogP contribution < -0.4 is 9.47 Å². The van der Waals surface area contributed by atoms with Gasteiger partial charge >= 0.3 is 0 Å². The van der Waals surface area contributed by atoms with Crippen molar-refractivity contribution in [2.45, 2.75) is 32.1 Å². The lowest BCUT2D eigenvalue weighted by Crippen LogP contribution is -2.41. The van der Waals surface area contributed by atoms with Gasteiger partial charge in [0.25, 0.3) is 0 Å². The smallest absolute Gasteiger partial charge is 0.244 e.